The number of ether oxygens (including phenoxy) is 1. The molecule has 6 heteroatoms. The van der Waals surface area contributed by atoms with Crippen LogP contribution in [0.15, 0.2) is 51.8 Å². The Hall–Kier alpha value is -2.18. The molecule has 0 radical (unpaired) electrons. The molecule has 0 atom stereocenters. The fourth-order valence-electron chi connectivity index (χ4n) is 4.05. The number of carbonyl (C=O) groups excluding carboxylic acids is 1. The van der Waals surface area contributed by atoms with E-state index < -0.39 is 0 Å². The van der Waals surface area contributed by atoms with E-state index in [-0.39, 0.29) is 5.78 Å². The molecule has 3 aliphatic rings. The maximum atomic E-state index is 12.7. The van der Waals surface area contributed by atoms with Gasteiger partial charge in [0.25, 0.3) is 0 Å². The Labute approximate surface area is 159 Å². The van der Waals surface area contributed by atoms with E-state index in [1.807, 2.05) is 12.3 Å². The average Bonchev–Trinajstić information content (AvgIpc) is 3.30. The van der Waals surface area contributed by atoms with Gasteiger partial charge < -0.3 is 9.64 Å². The van der Waals surface area contributed by atoms with E-state index in [1.165, 1.54) is 5.57 Å². The van der Waals surface area contributed by atoms with Crippen molar-refractivity contribution < 1.29 is 9.53 Å². The molecule has 2 heterocycles. The van der Waals surface area contributed by atoms with Gasteiger partial charge in [0.2, 0.25) is 0 Å². The molecule has 0 amide bonds. The minimum Gasteiger partial charge on any atom is -0.378 e. The van der Waals surface area contributed by atoms with Crippen LogP contribution in [0.5, 0.6) is 0 Å². The lowest BCUT2D eigenvalue weighted by Crippen LogP contribution is -2.36. The number of nitrogens with zero attached hydrogens (tertiary/aromatic N) is 2. The molecule has 1 aromatic carbocycles. The van der Waals surface area contributed by atoms with E-state index in [9.17, 15) is 4.79 Å². The largest absolute Gasteiger partial charge is 0.378 e. The van der Waals surface area contributed by atoms with Crippen molar-refractivity contribution in [3.05, 3.63) is 57.4 Å². The van der Waals surface area contributed by atoms with Crippen LogP contribution in [-0.2, 0) is 9.53 Å². The van der Waals surface area contributed by atoms with Gasteiger partial charge in [-0.1, -0.05) is 18.2 Å². The average molecular weight is 412 g/mol. The highest BCUT2D eigenvalue weighted by Crippen LogP contribution is 2.44. The number of nitrogens with one attached hydrogen (secondary N) is 1. The first-order valence-electron chi connectivity index (χ1n) is 8.84. The number of allylic oxidation sites excluding steroid dienone is 5. The summed E-state index contributed by atoms with van der Waals surface area (Å²) in [7, 11) is 0. The van der Waals surface area contributed by atoms with Gasteiger partial charge in [0.15, 0.2) is 5.78 Å². The van der Waals surface area contributed by atoms with Crippen molar-refractivity contribution in [1.82, 2.24) is 15.1 Å². The van der Waals surface area contributed by atoms with Gasteiger partial charge in [-0.25, -0.2) is 0 Å². The van der Waals surface area contributed by atoms with Crippen LogP contribution in [0.2, 0.25) is 0 Å². The van der Waals surface area contributed by atoms with Crippen LogP contribution >= 0.6 is 15.9 Å². The highest BCUT2D eigenvalue weighted by molar-refractivity contribution is 9.10. The van der Waals surface area contributed by atoms with Crippen molar-refractivity contribution in [1.29, 1.82) is 0 Å². The number of benzene rings is 1. The summed E-state index contributed by atoms with van der Waals surface area (Å²) in [6.45, 7) is 3.15. The zero-order chi connectivity index (χ0) is 17.7. The highest BCUT2D eigenvalue weighted by atomic mass is 79.9. The molecule has 5 nitrogen and oxygen atoms in total. The summed E-state index contributed by atoms with van der Waals surface area (Å²) in [5.41, 5.74) is 6.48. The number of fused-ring (bicyclic) bond motifs is 1. The molecule has 1 N–H and O–H groups in total. The van der Waals surface area contributed by atoms with E-state index in [0.717, 1.165) is 70.5 Å². The topological polar surface area (TPSA) is 58.2 Å². The number of aromatic amines is 1. The Morgan fingerprint density at radius 1 is 1.19 bits per heavy atom. The molecule has 0 spiro atoms. The van der Waals surface area contributed by atoms with Crippen molar-refractivity contribution >= 4 is 38.2 Å². The summed E-state index contributed by atoms with van der Waals surface area (Å²) in [5.74, 6) is 0.151. The summed E-state index contributed by atoms with van der Waals surface area (Å²) >= 11 is 3.73. The first-order chi connectivity index (χ1) is 12.7. The van der Waals surface area contributed by atoms with Crippen molar-refractivity contribution in [3.63, 3.8) is 0 Å². The molecular formula is C20H18BrN3O2. The van der Waals surface area contributed by atoms with Gasteiger partial charge in [-0.3, -0.25) is 9.89 Å². The molecule has 132 valence electrons. The number of H-pyrrole nitrogens is 1. The number of hydrogen-bond donors (Lipinski definition) is 1. The molecule has 26 heavy (non-hydrogen) atoms. The normalized spacial score (nSPS) is 20.5. The summed E-state index contributed by atoms with van der Waals surface area (Å²) in [6, 6.07) is 4.18. The van der Waals surface area contributed by atoms with Crippen LogP contribution < -0.4 is 0 Å². The Bertz CT molecular complexity index is 1010. The van der Waals surface area contributed by atoms with Crippen molar-refractivity contribution in [2.24, 2.45) is 0 Å². The molecule has 1 aliphatic heterocycles. The van der Waals surface area contributed by atoms with Crippen LogP contribution in [0.4, 0.5) is 0 Å². The number of ketones is 1. The predicted molar refractivity (Wildman–Crippen MR) is 104 cm³/mol. The zero-order valence-corrected chi connectivity index (χ0v) is 15.8. The SMILES string of the molecule is O=C1C=C(N2CCOCC2)CC2=C1CC=C2c1ccc2cn[nH]c2c1Br. The van der Waals surface area contributed by atoms with E-state index in [4.69, 9.17) is 4.74 Å². The number of hydrogen-bond acceptors (Lipinski definition) is 4. The third-order valence-corrected chi connectivity index (χ3v) is 6.24. The van der Waals surface area contributed by atoms with Crippen LogP contribution in [0.1, 0.15) is 18.4 Å². The van der Waals surface area contributed by atoms with Crippen LogP contribution in [0.3, 0.4) is 0 Å². The van der Waals surface area contributed by atoms with Gasteiger partial charge in [0.1, 0.15) is 0 Å². The second-order valence-corrected chi connectivity index (χ2v) is 7.61. The monoisotopic (exact) mass is 411 g/mol. The molecule has 0 bridgehead atoms. The van der Waals surface area contributed by atoms with Gasteiger partial charge in [-0.15, -0.1) is 0 Å². The van der Waals surface area contributed by atoms with Crippen LogP contribution in [0.25, 0.3) is 16.5 Å². The second-order valence-electron chi connectivity index (χ2n) is 6.82. The van der Waals surface area contributed by atoms with E-state index in [0.29, 0.717) is 6.42 Å². The predicted octanol–water partition coefficient (Wildman–Crippen LogP) is 3.60. The number of carbonyl (C=O) groups is 1. The van der Waals surface area contributed by atoms with Crippen molar-refractivity contribution in [3.8, 4) is 0 Å². The minimum absolute atomic E-state index is 0.151. The lowest BCUT2D eigenvalue weighted by molar-refractivity contribution is -0.111. The smallest absolute Gasteiger partial charge is 0.184 e. The maximum Gasteiger partial charge on any atom is 0.184 e. The Morgan fingerprint density at radius 3 is 2.88 bits per heavy atom. The molecule has 0 unspecified atom stereocenters. The highest BCUT2D eigenvalue weighted by Gasteiger charge is 2.30. The van der Waals surface area contributed by atoms with E-state index >= 15 is 0 Å². The first kappa shape index (κ1) is 16.0. The summed E-state index contributed by atoms with van der Waals surface area (Å²) in [5, 5.41) is 8.25. The fourth-order valence-corrected chi connectivity index (χ4v) is 4.71. The lowest BCUT2D eigenvalue weighted by Gasteiger charge is -2.33. The van der Waals surface area contributed by atoms with E-state index in [1.54, 1.807) is 0 Å². The number of morpholine rings is 1. The first-order valence-corrected chi connectivity index (χ1v) is 9.64. The summed E-state index contributed by atoms with van der Waals surface area (Å²) in [4.78, 5) is 15.0. The summed E-state index contributed by atoms with van der Waals surface area (Å²) < 4.78 is 6.45. The summed E-state index contributed by atoms with van der Waals surface area (Å²) in [6.07, 6.45) is 7.35. The Balaban J connectivity index is 1.52. The van der Waals surface area contributed by atoms with Gasteiger partial charge >= 0.3 is 0 Å². The molecule has 2 aliphatic carbocycles. The van der Waals surface area contributed by atoms with E-state index in [2.05, 4.69) is 49.2 Å². The lowest BCUT2D eigenvalue weighted by atomic mass is 9.89. The minimum atomic E-state index is 0.151. The Kier molecular flexibility index (Phi) is 3.83. The molecular weight excluding hydrogens is 394 g/mol. The Morgan fingerprint density at radius 2 is 2.04 bits per heavy atom. The van der Waals surface area contributed by atoms with Crippen molar-refractivity contribution in [2.75, 3.05) is 26.3 Å². The van der Waals surface area contributed by atoms with Crippen LogP contribution in [-0.4, -0.2) is 47.2 Å². The van der Waals surface area contributed by atoms with Gasteiger partial charge in [0, 0.05) is 42.2 Å². The number of halogens is 1. The molecule has 5 rings (SSSR count). The second kappa shape index (κ2) is 6.21. The molecule has 0 saturated carbocycles. The zero-order valence-electron chi connectivity index (χ0n) is 14.2. The molecule has 2 aromatic rings. The van der Waals surface area contributed by atoms with Crippen LogP contribution in [0, 0.1) is 0 Å². The molecule has 1 aromatic heterocycles. The fraction of sp³-hybridized carbons (Fsp3) is 0.300. The molecule has 1 saturated heterocycles. The standard InChI is InChI=1S/C20H18BrN3O2/c21-19-16(2-1-12-11-22-23-20(12)19)14-3-4-15-17(14)9-13(10-18(15)25)24-5-7-26-8-6-24/h1-3,10-11H,4-9H2,(H,22,23). The van der Waals surface area contributed by atoms with Gasteiger partial charge in [0.05, 0.1) is 29.4 Å². The van der Waals surface area contributed by atoms with Crippen molar-refractivity contribution in [2.45, 2.75) is 12.8 Å². The third-order valence-electron chi connectivity index (χ3n) is 5.41. The van der Waals surface area contributed by atoms with Gasteiger partial charge in [-0.2, -0.15) is 5.10 Å². The maximum absolute atomic E-state index is 12.7. The number of rotatable bonds is 2. The quantitative estimate of drug-likeness (QED) is 0.819. The third kappa shape index (κ3) is 2.47. The number of aromatic nitrogens is 2. The van der Waals surface area contributed by atoms with Gasteiger partial charge in [-0.05, 0) is 39.1 Å². The molecule has 1 fully saturated rings.